The Morgan fingerprint density at radius 2 is 1.65 bits per heavy atom. The summed E-state index contributed by atoms with van der Waals surface area (Å²) < 4.78 is 0. The van der Waals surface area contributed by atoms with Crippen LogP contribution in [0.5, 0.6) is 0 Å². The van der Waals surface area contributed by atoms with Gasteiger partial charge in [0.05, 0.1) is 0 Å². The molecular weight excluding hydrogens is 252 g/mol. The smallest absolute Gasteiger partial charge is 0.223 e. The second-order valence-electron chi connectivity index (χ2n) is 6.74. The molecule has 4 nitrogen and oxygen atoms in total. The van der Waals surface area contributed by atoms with Crippen molar-refractivity contribution in [2.75, 3.05) is 13.1 Å². The van der Waals surface area contributed by atoms with Crippen LogP contribution in [0.2, 0.25) is 0 Å². The molecule has 0 aromatic rings. The summed E-state index contributed by atoms with van der Waals surface area (Å²) in [5.74, 6) is 1.60. The topological polar surface area (TPSA) is 58.2 Å². The zero-order valence-corrected chi connectivity index (χ0v) is 13.4. The second-order valence-corrected chi connectivity index (χ2v) is 6.74. The van der Waals surface area contributed by atoms with Gasteiger partial charge in [-0.3, -0.25) is 9.59 Å². The molecule has 1 aliphatic carbocycles. The number of rotatable bonds is 9. The summed E-state index contributed by atoms with van der Waals surface area (Å²) in [5, 5.41) is 5.97. The minimum Gasteiger partial charge on any atom is -0.356 e. The minimum absolute atomic E-state index is 0.0512. The molecule has 2 N–H and O–H groups in total. The van der Waals surface area contributed by atoms with Gasteiger partial charge in [-0.05, 0) is 37.5 Å². The Balaban J connectivity index is 2.10. The average Bonchev–Trinajstić information content (AvgIpc) is 3.23. The van der Waals surface area contributed by atoms with Gasteiger partial charge < -0.3 is 10.6 Å². The third kappa shape index (κ3) is 6.92. The largest absolute Gasteiger partial charge is 0.356 e. The summed E-state index contributed by atoms with van der Waals surface area (Å²) in [6, 6.07) is 0. The van der Waals surface area contributed by atoms with Crippen molar-refractivity contribution < 1.29 is 9.59 Å². The normalized spacial score (nSPS) is 17.6. The van der Waals surface area contributed by atoms with Crippen LogP contribution in [0.1, 0.15) is 53.4 Å². The lowest BCUT2D eigenvalue weighted by Gasteiger charge is -2.17. The fraction of sp³-hybridized carbons (Fsp3) is 0.875. The van der Waals surface area contributed by atoms with Crippen LogP contribution < -0.4 is 10.6 Å². The van der Waals surface area contributed by atoms with Crippen molar-refractivity contribution in [2.45, 2.75) is 53.4 Å². The molecule has 0 saturated heterocycles. The lowest BCUT2D eigenvalue weighted by atomic mass is 9.97. The van der Waals surface area contributed by atoms with Gasteiger partial charge in [0.15, 0.2) is 0 Å². The van der Waals surface area contributed by atoms with Crippen molar-refractivity contribution in [3.05, 3.63) is 0 Å². The van der Waals surface area contributed by atoms with E-state index in [0.717, 1.165) is 38.8 Å². The van der Waals surface area contributed by atoms with Crippen LogP contribution in [0.3, 0.4) is 0 Å². The second kappa shape index (κ2) is 8.28. The third-order valence-electron chi connectivity index (χ3n) is 3.80. The molecule has 0 bridgehead atoms. The summed E-state index contributed by atoms with van der Waals surface area (Å²) in [6.45, 7) is 9.77. The van der Waals surface area contributed by atoms with Gasteiger partial charge in [0, 0.05) is 24.9 Å². The van der Waals surface area contributed by atoms with E-state index in [1.54, 1.807) is 0 Å². The molecule has 1 saturated carbocycles. The molecule has 0 heterocycles. The van der Waals surface area contributed by atoms with Gasteiger partial charge in [0.2, 0.25) is 11.8 Å². The Hall–Kier alpha value is -1.06. The first-order valence-corrected chi connectivity index (χ1v) is 7.95. The van der Waals surface area contributed by atoms with E-state index in [1.807, 2.05) is 6.92 Å². The number of carbonyl (C=O) groups excluding carboxylic acids is 2. The summed E-state index contributed by atoms with van der Waals surface area (Å²) >= 11 is 0. The molecule has 1 rings (SSSR count). The highest BCUT2D eigenvalue weighted by Crippen LogP contribution is 2.28. The molecule has 1 aliphatic rings. The van der Waals surface area contributed by atoms with Crippen LogP contribution >= 0.6 is 0 Å². The predicted octanol–water partition coefficient (Wildman–Crippen LogP) is 2.34. The molecule has 2 unspecified atom stereocenters. The summed E-state index contributed by atoms with van der Waals surface area (Å²) in [5.41, 5.74) is 0. The van der Waals surface area contributed by atoms with Crippen molar-refractivity contribution in [1.29, 1.82) is 0 Å². The van der Waals surface area contributed by atoms with E-state index in [9.17, 15) is 9.59 Å². The Labute approximate surface area is 123 Å². The monoisotopic (exact) mass is 282 g/mol. The third-order valence-corrected chi connectivity index (χ3v) is 3.80. The fourth-order valence-corrected chi connectivity index (χ4v) is 2.01. The van der Waals surface area contributed by atoms with E-state index in [4.69, 9.17) is 0 Å². The standard InChI is InChI=1S/C16H30N2O2/c1-11(2)9-17-15(19)13(4)6-5-12(3)10-18-16(20)14-7-8-14/h11-14H,5-10H2,1-4H3,(H,17,19)(H,18,20). The van der Waals surface area contributed by atoms with E-state index in [-0.39, 0.29) is 23.7 Å². The predicted molar refractivity (Wildman–Crippen MR) is 81.1 cm³/mol. The Morgan fingerprint density at radius 1 is 1.00 bits per heavy atom. The Kier molecular flexibility index (Phi) is 7.03. The Morgan fingerprint density at radius 3 is 2.20 bits per heavy atom. The molecule has 4 heteroatoms. The van der Waals surface area contributed by atoms with Crippen LogP contribution in [-0.4, -0.2) is 24.9 Å². The molecule has 0 aromatic carbocycles. The number of hydrogen-bond donors (Lipinski definition) is 2. The molecular formula is C16H30N2O2. The van der Waals surface area contributed by atoms with E-state index in [1.165, 1.54) is 0 Å². The van der Waals surface area contributed by atoms with Crippen molar-refractivity contribution >= 4 is 11.8 Å². The lowest BCUT2D eigenvalue weighted by Crippen LogP contribution is -2.33. The summed E-state index contributed by atoms with van der Waals surface area (Å²) in [6.07, 6.45) is 3.95. The quantitative estimate of drug-likeness (QED) is 0.682. The molecule has 116 valence electrons. The highest BCUT2D eigenvalue weighted by molar-refractivity contribution is 5.80. The summed E-state index contributed by atoms with van der Waals surface area (Å²) in [4.78, 5) is 23.4. The van der Waals surface area contributed by atoms with Gasteiger partial charge in [0.1, 0.15) is 0 Å². The Bertz CT molecular complexity index is 324. The van der Waals surface area contributed by atoms with Gasteiger partial charge in [-0.2, -0.15) is 0 Å². The van der Waals surface area contributed by atoms with Gasteiger partial charge in [0.25, 0.3) is 0 Å². The average molecular weight is 282 g/mol. The maximum atomic E-state index is 11.8. The van der Waals surface area contributed by atoms with E-state index in [0.29, 0.717) is 11.8 Å². The van der Waals surface area contributed by atoms with Gasteiger partial charge in [-0.1, -0.05) is 27.7 Å². The number of carbonyl (C=O) groups is 2. The highest BCUT2D eigenvalue weighted by atomic mass is 16.2. The molecule has 2 atom stereocenters. The number of hydrogen-bond acceptors (Lipinski definition) is 2. The molecule has 0 aromatic heterocycles. The fourth-order valence-electron chi connectivity index (χ4n) is 2.01. The van der Waals surface area contributed by atoms with Crippen molar-refractivity contribution in [1.82, 2.24) is 10.6 Å². The van der Waals surface area contributed by atoms with Crippen LogP contribution in [0, 0.1) is 23.7 Å². The van der Waals surface area contributed by atoms with Crippen molar-refractivity contribution in [2.24, 2.45) is 23.7 Å². The first kappa shape index (κ1) is 17.0. The van der Waals surface area contributed by atoms with Crippen LogP contribution in [0.25, 0.3) is 0 Å². The first-order chi connectivity index (χ1) is 9.40. The number of nitrogens with one attached hydrogen (secondary N) is 2. The SMILES string of the molecule is CC(C)CNC(=O)C(C)CCC(C)CNC(=O)C1CC1. The van der Waals surface area contributed by atoms with Crippen LogP contribution in [-0.2, 0) is 9.59 Å². The zero-order chi connectivity index (χ0) is 15.1. The minimum atomic E-state index is 0.0512. The van der Waals surface area contributed by atoms with E-state index in [2.05, 4.69) is 31.4 Å². The molecule has 20 heavy (non-hydrogen) atoms. The first-order valence-electron chi connectivity index (χ1n) is 7.95. The molecule has 0 spiro atoms. The molecule has 0 radical (unpaired) electrons. The van der Waals surface area contributed by atoms with Crippen molar-refractivity contribution in [3.8, 4) is 0 Å². The van der Waals surface area contributed by atoms with Crippen molar-refractivity contribution in [3.63, 3.8) is 0 Å². The molecule has 0 aliphatic heterocycles. The number of amides is 2. The maximum Gasteiger partial charge on any atom is 0.223 e. The van der Waals surface area contributed by atoms with Gasteiger partial charge >= 0.3 is 0 Å². The summed E-state index contributed by atoms with van der Waals surface area (Å²) in [7, 11) is 0. The zero-order valence-electron chi connectivity index (χ0n) is 13.4. The molecule has 1 fully saturated rings. The van der Waals surface area contributed by atoms with E-state index >= 15 is 0 Å². The van der Waals surface area contributed by atoms with Gasteiger partial charge in [-0.15, -0.1) is 0 Å². The van der Waals surface area contributed by atoms with E-state index < -0.39 is 0 Å². The lowest BCUT2D eigenvalue weighted by molar-refractivity contribution is -0.125. The maximum absolute atomic E-state index is 11.8. The van der Waals surface area contributed by atoms with Gasteiger partial charge in [-0.25, -0.2) is 0 Å². The van der Waals surface area contributed by atoms with Crippen LogP contribution in [0.15, 0.2) is 0 Å². The van der Waals surface area contributed by atoms with Crippen LogP contribution in [0.4, 0.5) is 0 Å². The molecule has 2 amide bonds. The highest BCUT2D eigenvalue weighted by Gasteiger charge is 2.29.